The van der Waals surface area contributed by atoms with Crippen molar-refractivity contribution in [3.8, 4) is 0 Å². The van der Waals surface area contributed by atoms with E-state index in [9.17, 15) is 34.5 Å². The zero-order chi connectivity index (χ0) is 26.4. The minimum absolute atomic E-state index is 0.0977. The second-order valence-corrected chi connectivity index (χ2v) is 8.68. The van der Waals surface area contributed by atoms with Gasteiger partial charge < -0.3 is 48.5 Å². The fourth-order valence-electron chi connectivity index (χ4n) is 2.72. The fraction of sp³-hybridized carbons (Fsp3) is 0.737. The summed E-state index contributed by atoms with van der Waals surface area (Å²) >= 11 is 1.39. The van der Waals surface area contributed by atoms with Gasteiger partial charge in [-0.1, -0.05) is 0 Å². The number of rotatable bonds is 16. The average Bonchev–Trinajstić information content (AvgIpc) is 2.74. The van der Waals surface area contributed by atoms with Crippen molar-refractivity contribution >= 4 is 41.4 Å². The number of guanidine groups is 1. The van der Waals surface area contributed by atoms with Crippen LogP contribution < -0.4 is 33.2 Å². The zero-order valence-electron chi connectivity index (χ0n) is 19.6. The highest BCUT2D eigenvalue weighted by atomic mass is 32.2. The molecule has 0 aliphatic rings. The summed E-state index contributed by atoms with van der Waals surface area (Å²) in [6.07, 6.45) is -0.271. The van der Waals surface area contributed by atoms with Gasteiger partial charge in [0.05, 0.1) is 18.2 Å². The molecule has 0 rings (SSSR count). The molecule has 34 heavy (non-hydrogen) atoms. The first-order valence-corrected chi connectivity index (χ1v) is 12.0. The third-order valence-electron chi connectivity index (χ3n) is 4.65. The van der Waals surface area contributed by atoms with E-state index in [4.69, 9.17) is 17.2 Å². The predicted octanol–water partition coefficient (Wildman–Crippen LogP) is -3.58. The van der Waals surface area contributed by atoms with Gasteiger partial charge in [-0.3, -0.25) is 19.4 Å². The highest BCUT2D eigenvalue weighted by Gasteiger charge is 2.34. The summed E-state index contributed by atoms with van der Waals surface area (Å²) in [5, 5.41) is 36.1. The van der Waals surface area contributed by atoms with Gasteiger partial charge in [0.15, 0.2) is 5.96 Å². The Labute approximate surface area is 202 Å². The van der Waals surface area contributed by atoms with Crippen molar-refractivity contribution in [2.45, 2.75) is 69.5 Å². The van der Waals surface area contributed by atoms with Crippen LogP contribution >= 0.6 is 11.8 Å². The molecule has 6 unspecified atom stereocenters. The third kappa shape index (κ3) is 12.0. The maximum absolute atomic E-state index is 12.7. The third-order valence-corrected chi connectivity index (χ3v) is 5.30. The number of aliphatic hydroxyl groups excluding tert-OH is 2. The van der Waals surface area contributed by atoms with Gasteiger partial charge in [-0.15, -0.1) is 0 Å². The van der Waals surface area contributed by atoms with E-state index in [-0.39, 0.29) is 25.3 Å². The van der Waals surface area contributed by atoms with Gasteiger partial charge in [-0.05, 0) is 45.1 Å². The van der Waals surface area contributed by atoms with Gasteiger partial charge in [0.2, 0.25) is 17.7 Å². The lowest BCUT2D eigenvalue weighted by molar-refractivity contribution is -0.143. The molecule has 0 heterocycles. The summed E-state index contributed by atoms with van der Waals surface area (Å²) in [7, 11) is 0. The largest absolute Gasteiger partial charge is 0.480 e. The van der Waals surface area contributed by atoms with Gasteiger partial charge in [0.25, 0.3) is 0 Å². The molecule has 0 saturated carbocycles. The molecule has 6 atom stereocenters. The van der Waals surface area contributed by atoms with Gasteiger partial charge in [-0.25, -0.2) is 4.79 Å². The first-order chi connectivity index (χ1) is 15.8. The number of nitrogens with two attached hydrogens (primary N) is 3. The van der Waals surface area contributed by atoms with Crippen molar-refractivity contribution in [1.29, 1.82) is 0 Å². The van der Waals surface area contributed by atoms with Crippen LogP contribution in [0.5, 0.6) is 0 Å². The monoisotopic (exact) mass is 507 g/mol. The van der Waals surface area contributed by atoms with Crippen LogP contribution in [-0.4, -0.2) is 99.9 Å². The smallest absolute Gasteiger partial charge is 0.326 e. The number of aliphatic imine (C=N–C) groups is 1. The molecule has 15 heteroatoms. The number of carboxylic acid groups (broad SMARTS) is 1. The van der Waals surface area contributed by atoms with Gasteiger partial charge in [0, 0.05) is 6.54 Å². The number of amides is 3. The Morgan fingerprint density at radius 3 is 1.85 bits per heavy atom. The lowest BCUT2D eigenvalue weighted by Crippen LogP contribution is -2.61. The summed E-state index contributed by atoms with van der Waals surface area (Å²) in [5.41, 5.74) is 16.2. The standard InChI is InChI=1S/C19H37N7O7S/c1-9(27)13(16(30)24-12(18(32)33)6-8-34-3)26-17(31)14(10(2)28)25-15(29)11(20)5-4-7-23-19(21)22/h9-14,27-28H,4-8,20H2,1-3H3,(H,24,30)(H,25,29)(H,26,31)(H,32,33)(H4,21,22,23). The summed E-state index contributed by atoms with van der Waals surface area (Å²) in [6, 6.07) is -5.26. The molecule has 0 aromatic carbocycles. The molecular weight excluding hydrogens is 470 g/mol. The minimum Gasteiger partial charge on any atom is -0.480 e. The minimum atomic E-state index is -1.53. The molecule has 0 aliphatic heterocycles. The Morgan fingerprint density at radius 2 is 1.41 bits per heavy atom. The molecule has 12 N–H and O–H groups in total. The molecule has 196 valence electrons. The molecular formula is C19H37N7O7S. The molecule has 0 radical (unpaired) electrons. The number of carbonyl (C=O) groups is 4. The van der Waals surface area contributed by atoms with Gasteiger partial charge >= 0.3 is 5.97 Å². The number of hydrogen-bond acceptors (Lipinski definition) is 9. The highest BCUT2D eigenvalue weighted by Crippen LogP contribution is 2.05. The van der Waals surface area contributed by atoms with E-state index in [1.54, 1.807) is 6.26 Å². The molecule has 3 amide bonds. The molecule has 0 aromatic rings. The number of hydrogen-bond donors (Lipinski definition) is 9. The zero-order valence-corrected chi connectivity index (χ0v) is 20.4. The second-order valence-electron chi connectivity index (χ2n) is 7.69. The summed E-state index contributed by atoms with van der Waals surface area (Å²) < 4.78 is 0. The van der Waals surface area contributed by atoms with Crippen LogP contribution in [0.3, 0.4) is 0 Å². The fourth-order valence-corrected chi connectivity index (χ4v) is 3.19. The first-order valence-electron chi connectivity index (χ1n) is 10.6. The number of carbonyl (C=O) groups excluding carboxylic acids is 3. The SMILES string of the molecule is CSCCC(NC(=O)C(NC(=O)C(NC(=O)C(N)CCCN=C(N)N)C(C)O)C(C)O)C(=O)O. The molecule has 0 fully saturated rings. The average molecular weight is 508 g/mol. The van der Waals surface area contributed by atoms with Crippen LogP contribution in [0.25, 0.3) is 0 Å². The lowest BCUT2D eigenvalue weighted by atomic mass is 10.1. The molecule has 0 bridgehead atoms. The van der Waals surface area contributed by atoms with E-state index in [0.717, 1.165) is 0 Å². The molecule has 0 aromatic heterocycles. The Kier molecular flexibility index (Phi) is 14.8. The molecule has 0 spiro atoms. The number of thioether (sulfide) groups is 1. The number of aliphatic hydroxyl groups is 2. The Morgan fingerprint density at radius 1 is 0.912 bits per heavy atom. The van der Waals surface area contributed by atoms with E-state index >= 15 is 0 Å². The van der Waals surface area contributed by atoms with Crippen molar-refractivity contribution in [3.63, 3.8) is 0 Å². The molecule has 0 saturated heterocycles. The Bertz CT molecular complexity index is 717. The molecule has 0 aliphatic carbocycles. The topological polar surface area (TPSA) is 255 Å². The van der Waals surface area contributed by atoms with E-state index in [1.165, 1.54) is 25.6 Å². The van der Waals surface area contributed by atoms with Crippen LogP contribution in [0.4, 0.5) is 0 Å². The number of nitrogens with zero attached hydrogens (tertiary/aromatic N) is 1. The summed E-state index contributed by atoms with van der Waals surface area (Å²) in [5.74, 6) is -3.52. The van der Waals surface area contributed by atoms with Crippen molar-refractivity contribution in [2.24, 2.45) is 22.2 Å². The van der Waals surface area contributed by atoms with Crippen LogP contribution in [0.2, 0.25) is 0 Å². The van der Waals surface area contributed by atoms with E-state index < -0.39 is 60.1 Å². The molecule has 14 nitrogen and oxygen atoms in total. The van der Waals surface area contributed by atoms with Crippen molar-refractivity contribution < 1.29 is 34.5 Å². The normalized spacial score (nSPS) is 16.2. The highest BCUT2D eigenvalue weighted by molar-refractivity contribution is 7.98. The van der Waals surface area contributed by atoms with Gasteiger partial charge in [0.1, 0.15) is 18.1 Å². The maximum Gasteiger partial charge on any atom is 0.326 e. The van der Waals surface area contributed by atoms with E-state index in [2.05, 4.69) is 20.9 Å². The van der Waals surface area contributed by atoms with Crippen molar-refractivity contribution in [1.82, 2.24) is 16.0 Å². The Hall–Kier alpha value is -2.62. The number of nitrogens with one attached hydrogen (secondary N) is 3. The van der Waals surface area contributed by atoms with Crippen LogP contribution in [-0.2, 0) is 19.2 Å². The van der Waals surface area contributed by atoms with Crippen LogP contribution in [0.1, 0.15) is 33.1 Å². The summed E-state index contributed by atoms with van der Waals surface area (Å²) in [4.78, 5) is 52.8. The number of carboxylic acids is 1. The number of aliphatic carboxylic acids is 1. The van der Waals surface area contributed by atoms with Crippen LogP contribution in [0.15, 0.2) is 4.99 Å². The Balaban J connectivity index is 5.19. The van der Waals surface area contributed by atoms with E-state index in [0.29, 0.717) is 12.2 Å². The maximum atomic E-state index is 12.7. The van der Waals surface area contributed by atoms with E-state index in [1.807, 2.05) is 0 Å². The first kappa shape index (κ1) is 31.4. The predicted molar refractivity (Wildman–Crippen MR) is 128 cm³/mol. The summed E-state index contributed by atoms with van der Waals surface area (Å²) in [6.45, 7) is 2.73. The van der Waals surface area contributed by atoms with Crippen molar-refractivity contribution in [3.05, 3.63) is 0 Å². The second kappa shape index (κ2) is 16.1. The van der Waals surface area contributed by atoms with Crippen molar-refractivity contribution in [2.75, 3.05) is 18.6 Å². The quantitative estimate of drug-likeness (QED) is 0.0560. The van der Waals surface area contributed by atoms with Gasteiger partial charge in [-0.2, -0.15) is 11.8 Å². The van der Waals surface area contributed by atoms with Crippen LogP contribution in [0, 0.1) is 0 Å². The lowest BCUT2D eigenvalue weighted by Gasteiger charge is -2.27.